The smallest absolute Gasteiger partial charge is 0.0693 e. The molecule has 0 aromatic heterocycles. The van der Waals surface area contributed by atoms with Crippen LogP contribution in [0.4, 0.5) is 0 Å². The van der Waals surface area contributed by atoms with Crippen molar-refractivity contribution in [1.82, 2.24) is 5.32 Å². The SMILES string of the molecule is CCC(CC)CN[C@@H]1CCCC[C@@H]1O. The molecule has 0 heterocycles. The summed E-state index contributed by atoms with van der Waals surface area (Å²) in [6, 6.07) is 0.365. The standard InChI is InChI=1S/C12H25NO/c1-3-10(4-2)9-13-11-7-5-6-8-12(11)14/h10-14H,3-9H2,1-2H3/t11-,12+/m1/s1. The van der Waals surface area contributed by atoms with Crippen molar-refractivity contribution in [1.29, 1.82) is 0 Å². The fraction of sp³-hybridized carbons (Fsp3) is 1.00. The van der Waals surface area contributed by atoms with Gasteiger partial charge in [0.2, 0.25) is 0 Å². The van der Waals surface area contributed by atoms with Gasteiger partial charge in [-0.3, -0.25) is 0 Å². The Morgan fingerprint density at radius 3 is 2.43 bits per heavy atom. The zero-order chi connectivity index (χ0) is 10.4. The van der Waals surface area contributed by atoms with Crippen LogP contribution in [0.15, 0.2) is 0 Å². The Hall–Kier alpha value is -0.0800. The maximum atomic E-state index is 9.76. The van der Waals surface area contributed by atoms with Gasteiger partial charge in [-0.05, 0) is 25.3 Å². The molecule has 1 saturated carbocycles. The van der Waals surface area contributed by atoms with Crippen LogP contribution in [0.1, 0.15) is 52.4 Å². The predicted molar refractivity (Wildman–Crippen MR) is 60.3 cm³/mol. The van der Waals surface area contributed by atoms with Crippen LogP contribution in [0.3, 0.4) is 0 Å². The molecule has 2 atom stereocenters. The van der Waals surface area contributed by atoms with Gasteiger partial charge in [0, 0.05) is 6.04 Å². The maximum Gasteiger partial charge on any atom is 0.0693 e. The predicted octanol–water partition coefficient (Wildman–Crippen LogP) is 2.32. The summed E-state index contributed by atoms with van der Waals surface area (Å²) < 4.78 is 0. The Balaban J connectivity index is 2.21. The van der Waals surface area contributed by atoms with Crippen LogP contribution >= 0.6 is 0 Å². The lowest BCUT2D eigenvalue weighted by Gasteiger charge is -2.29. The molecule has 1 fully saturated rings. The highest BCUT2D eigenvalue weighted by molar-refractivity contribution is 4.80. The molecule has 0 unspecified atom stereocenters. The van der Waals surface area contributed by atoms with E-state index in [1.54, 1.807) is 0 Å². The summed E-state index contributed by atoms with van der Waals surface area (Å²) in [5, 5.41) is 13.3. The summed E-state index contributed by atoms with van der Waals surface area (Å²) in [5.41, 5.74) is 0. The number of hydrogen-bond acceptors (Lipinski definition) is 2. The molecule has 1 aliphatic rings. The van der Waals surface area contributed by atoms with Gasteiger partial charge in [0.1, 0.15) is 0 Å². The van der Waals surface area contributed by atoms with Gasteiger partial charge in [0.25, 0.3) is 0 Å². The van der Waals surface area contributed by atoms with Gasteiger partial charge in [-0.15, -0.1) is 0 Å². The average molecular weight is 199 g/mol. The average Bonchev–Trinajstić information content (AvgIpc) is 2.22. The van der Waals surface area contributed by atoms with E-state index in [2.05, 4.69) is 19.2 Å². The van der Waals surface area contributed by atoms with E-state index >= 15 is 0 Å². The molecule has 0 bridgehead atoms. The largest absolute Gasteiger partial charge is 0.392 e. The summed E-state index contributed by atoms with van der Waals surface area (Å²) in [6.07, 6.45) is 7.00. The number of aliphatic hydroxyl groups excluding tert-OH is 1. The van der Waals surface area contributed by atoms with Gasteiger partial charge in [0.15, 0.2) is 0 Å². The second kappa shape index (κ2) is 6.41. The minimum atomic E-state index is -0.0990. The molecule has 0 amide bonds. The third kappa shape index (κ3) is 3.58. The molecule has 2 nitrogen and oxygen atoms in total. The highest BCUT2D eigenvalue weighted by Crippen LogP contribution is 2.18. The van der Waals surface area contributed by atoms with Crippen LogP contribution < -0.4 is 5.32 Å². The van der Waals surface area contributed by atoms with E-state index in [-0.39, 0.29) is 6.10 Å². The Labute approximate surface area is 88.1 Å². The zero-order valence-corrected chi connectivity index (χ0v) is 9.63. The Morgan fingerprint density at radius 2 is 1.86 bits per heavy atom. The fourth-order valence-electron chi connectivity index (χ4n) is 2.24. The van der Waals surface area contributed by atoms with E-state index in [0.29, 0.717) is 6.04 Å². The molecule has 2 heteroatoms. The first-order chi connectivity index (χ1) is 6.77. The van der Waals surface area contributed by atoms with Crippen LogP contribution in [-0.2, 0) is 0 Å². The molecule has 0 aromatic carbocycles. The van der Waals surface area contributed by atoms with Crippen LogP contribution in [0, 0.1) is 5.92 Å². The van der Waals surface area contributed by atoms with E-state index in [9.17, 15) is 5.11 Å². The Bertz CT molecular complexity index is 145. The molecule has 0 aromatic rings. The number of nitrogens with one attached hydrogen (secondary N) is 1. The van der Waals surface area contributed by atoms with E-state index < -0.39 is 0 Å². The topological polar surface area (TPSA) is 32.3 Å². The van der Waals surface area contributed by atoms with Crippen molar-refractivity contribution >= 4 is 0 Å². The minimum Gasteiger partial charge on any atom is -0.392 e. The summed E-state index contributed by atoms with van der Waals surface area (Å²) >= 11 is 0. The van der Waals surface area contributed by atoms with Crippen molar-refractivity contribution in [2.24, 2.45) is 5.92 Å². The van der Waals surface area contributed by atoms with Crippen molar-refractivity contribution < 1.29 is 5.11 Å². The van der Waals surface area contributed by atoms with Gasteiger partial charge >= 0.3 is 0 Å². The molecule has 0 radical (unpaired) electrons. The van der Waals surface area contributed by atoms with E-state index in [4.69, 9.17) is 0 Å². The monoisotopic (exact) mass is 199 g/mol. The second-order valence-electron chi connectivity index (χ2n) is 4.55. The minimum absolute atomic E-state index is 0.0990. The molecule has 1 rings (SSSR count). The first-order valence-corrected chi connectivity index (χ1v) is 6.19. The number of hydrogen-bond donors (Lipinski definition) is 2. The lowest BCUT2D eigenvalue weighted by Crippen LogP contribution is -2.43. The summed E-state index contributed by atoms with van der Waals surface area (Å²) in [4.78, 5) is 0. The highest BCUT2D eigenvalue weighted by Gasteiger charge is 2.22. The molecule has 0 saturated heterocycles. The van der Waals surface area contributed by atoms with E-state index in [1.165, 1.54) is 25.7 Å². The maximum absolute atomic E-state index is 9.76. The highest BCUT2D eigenvalue weighted by atomic mass is 16.3. The van der Waals surface area contributed by atoms with Gasteiger partial charge in [-0.1, -0.05) is 39.5 Å². The summed E-state index contributed by atoms with van der Waals surface area (Å²) in [6.45, 7) is 5.56. The molecule has 2 N–H and O–H groups in total. The normalized spacial score (nSPS) is 28.3. The quantitative estimate of drug-likeness (QED) is 0.712. The molecule has 1 aliphatic carbocycles. The van der Waals surface area contributed by atoms with E-state index in [1.807, 2.05) is 0 Å². The fourth-order valence-corrected chi connectivity index (χ4v) is 2.24. The van der Waals surface area contributed by atoms with Crippen molar-refractivity contribution in [2.75, 3.05) is 6.54 Å². The molecule has 84 valence electrons. The zero-order valence-electron chi connectivity index (χ0n) is 9.63. The van der Waals surface area contributed by atoms with Crippen LogP contribution in [0.5, 0.6) is 0 Å². The lowest BCUT2D eigenvalue weighted by atomic mass is 9.92. The lowest BCUT2D eigenvalue weighted by molar-refractivity contribution is 0.0886. The number of rotatable bonds is 5. The summed E-state index contributed by atoms with van der Waals surface area (Å²) in [7, 11) is 0. The van der Waals surface area contributed by atoms with E-state index in [0.717, 1.165) is 25.3 Å². The summed E-state index contributed by atoms with van der Waals surface area (Å²) in [5.74, 6) is 0.782. The van der Waals surface area contributed by atoms with Crippen LogP contribution in [0.25, 0.3) is 0 Å². The number of aliphatic hydroxyl groups is 1. The third-order valence-electron chi connectivity index (χ3n) is 3.55. The van der Waals surface area contributed by atoms with Gasteiger partial charge in [0.05, 0.1) is 6.10 Å². The molecule has 14 heavy (non-hydrogen) atoms. The molecule has 0 spiro atoms. The van der Waals surface area contributed by atoms with Gasteiger partial charge in [-0.2, -0.15) is 0 Å². The molecular formula is C12H25NO. The van der Waals surface area contributed by atoms with Crippen molar-refractivity contribution in [2.45, 2.75) is 64.5 Å². The first-order valence-electron chi connectivity index (χ1n) is 6.19. The Kier molecular flexibility index (Phi) is 5.49. The Morgan fingerprint density at radius 1 is 1.21 bits per heavy atom. The molecule has 0 aliphatic heterocycles. The second-order valence-corrected chi connectivity index (χ2v) is 4.55. The molecular weight excluding hydrogens is 174 g/mol. The van der Waals surface area contributed by atoms with Crippen LogP contribution in [-0.4, -0.2) is 23.8 Å². The van der Waals surface area contributed by atoms with Crippen molar-refractivity contribution in [3.63, 3.8) is 0 Å². The van der Waals surface area contributed by atoms with Crippen LogP contribution in [0.2, 0.25) is 0 Å². The van der Waals surface area contributed by atoms with Crippen molar-refractivity contribution in [3.05, 3.63) is 0 Å². The first kappa shape index (κ1) is 12.0. The van der Waals surface area contributed by atoms with Gasteiger partial charge < -0.3 is 10.4 Å². The third-order valence-corrected chi connectivity index (χ3v) is 3.55. The van der Waals surface area contributed by atoms with Crippen molar-refractivity contribution in [3.8, 4) is 0 Å². The van der Waals surface area contributed by atoms with Gasteiger partial charge in [-0.25, -0.2) is 0 Å².